The first-order valence-corrected chi connectivity index (χ1v) is 10.4. The van der Waals surface area contributed by atoms with E-state index in [0.717, 1.165) is 0 Å². The molecule has 2 aromatic carbocycles. The van der Waals surface area contributed by atoms with Gasteiger partial charge in [0.1, 0.15) is 0 Å². The summed E-state index contributed by atoms with van der Waals surface area (Å²) in [5.74, 6) is -3.82. The molecule has 0 aliphatic carbocycles. The first kappa shape index (κ1) is 19.2. The van der Waals surface area contributed by atoms with Crippen molar-refractivity contribution in [3.8, 4) is 0 Å². The average molecular weight is 413 g/mol. The molecule has 0 radical (unpaired) electrons. The molecule has 150 valence electrons. The van der Waals surface area contributed by atoms with Crippen molar-refractivity contribution in [1.82, 2.24) is 0 Å². The van der Waals surface area contributed by atoms with E-state index in [0.29, 0.717) is 11.4 Å². The van der Waals surface area contributed by atoms with Crippen LogP contribution in [0.2, 0.25) is 0 Å². The van der Waals surface area contributed by atoms with Gasteiger partial charge in [-0.2, -0.15) is 0 Å². The Balaban J connectivity index is 1.46. The highest BCUT2D eigenvalue weighted by atomic mass is 32.2. The van der Waals surface area contributed by atoms with Gasteiger partial charge in [-0.3, -0.25) is 9.52 Å². The Morgan fingerprint density at radius 2 is 1.48 bits per heavy atom. The number of carbonyl (C=O) groups is 2. The summed E-state index contributed by atoms with van der Waals surface area (Å²) in [4.78, 5) is 24.0. The van der Waals surface area contributed by atoms with Crippen LogP contribution in [0.1, 0.15) is 0 Å². The Kier molecular flexibility index (Phi) is 4.85. The minimum Gasteiger partial charge on any atom is -0.550 e. The molecular formula is C20H17N2O6S-. The number of para-hydroxylation sites is 1. The van der Waals surface area contributed by atoms with Gasteiger partial charge in [0.15, 0.2) is 0 Å². The molecule has 2 aliphatic heterocycles. The Labute approximate surface area is 167 Å². The highest BCUT2D eigenvalue weighted by Crippen LogP contribution is 2.39. The Hall–Kier alpha value is -3.17. The number of hydrogen-bond donors (Lipinski definition) is 2. The van der Waals surface area contributed by atoms with E-state index in [-0.39, 0.29) is 4.90 Å². The number of sulfonamides is 1. The molecule has 2 N–H and O–H groups in total. The number of nitrogens with one attached hydrogen (secondary N) is 2. The number of amides is 1. The van der Waals surface area contributed by atoms with Crippen LogP contribution >= 0.6 is 0 Å². The van der Waals surface area contributed by atoms with Gasteiger partial charge >= 0.3 is 0 Å². The number of carboxylic acid groups (broad SMARTS) is 1. The number of aliphatic carboxylic acids is 1. The van der Waals surface area contributed by atoms with Crippen LogP contribution in [-0.2, 0) is 24.3 Å². The second-order valence-corrected chi connectivity index (χ2v) is 8.49. The van der Waals surface area contributed by atoms with Crippen LogP contribution in [0.5, 0.6) is 0 Å². The first-order valence-electron chi connectivity index (χ1n) is 8.88. The van der Waals surface area contributed by atoms with Crippen molar-refractivity contribution in [1.29, 1.82) is 0 Å². The van der Waals surface area contributed by atoms with E-state index in [4.69, 9.17) is 4.74 Å². The minimum atomic E-state index is -3.78. The van der Waals surface area contributed by atoms with Crippen molar-refractivity contribution < 1.29 is 27.9 Å². The van der Waals surface area contributed by atoms with Crippen LogP contribution in [0.3, 0.4) is 0 Å². The number of ether oxygens (including phenoxy) is 1. The summed E-state index contributed by atoms with van der Waals surface area (Å²) in [6.07, 6.45) is 2.00. The molecule has 2 aromatic rings. The summed E-state index contributed by atoms with van der Waals surface area (Å²) in [6, 6.07) is 14.1. The van der Waals surface area contributed by atoms with Gasteiger partial charge in [0, 0.05) is 23.3 Å². The average Bonchev–Trinajstić information content (AvgIpc) is 3.30. The Morgan fingerprint density at radius 1 is 0.862 bits per heavy atom. The number of fused-ring (bicyclic) bond motifs is 2. The lowest BCUT2D eigenvalue weighted by Crippen LogP contribution is -2.45. The maximum atomic E-state index is 12.6. The standard InChI is InChI=1S/C20H18N2O6S/c23-19(17-15-10-11-16(28-15)18(17)20(24)25)21-12-6-8-14(9-7-12)29(26,27)22-13-4-2-1-3-5-13/h1-11,15-18,22H,(H,21,23)(H,24,25)/p-1/t15-,16+,17+,18+/m1/s1. The molecule has 1 amide bonds. The molecule has 8 nitrogen and oxygen atoms in total. The van der Waals surface area contributed by atoms with Crippen LogP contribution in [-0.4, -0.2) is 32.5 Å². The van der Waals surface area contributed by atoms with Gasteiger partial charge in [-0.15, -0.1) is 0 Å². The predicted octanol–water partition coefficient (Wildman–Crippen LogP) is 0.745. The second kappa shape index (κ2) is 7.34. The number of rotatable bonds is 6. The van der Waals surface area contributed by atoms with Crippen LogP contribution < -0.4 is 15.1 Å². The fourth-order valence-corrected chi connectivity index (χ4v) is 4.62. The minimum absolute atomic E-state index is 0.0261. The predicted molar refractivity (Wildman–Crippen MR) is 102 cm³/mol. The third-order valence-electron chi connectivity index (χ3n) is 4.93. The van der Waals surface area contributed by atoms with Crippen LogP contribution in [0, 0.1) is 11.8 Å². The van der Waals surface area contributed by atoms with E-state index in [9.17, 15) is 23.1 Å². The summed E-state index contributed by atoms with van der Waals surface area (Å²) in [6.45, 7) is 0. The smallest absolute Gasteiger partial charge is 0.261 e. The van der Waals surface area contributed by atoms with Crippen LogP contribution in [0.25, 0.3) is 0 Å². The maximum Gasteiger partial charge on any atom is 0.261 e. The van der Waals surface area contributed by atoms with Crippen LogP contribution in [0.15, 0.2) is 71.6 Å². The van der Waals surface area contributed by atoms with Crippen molar-refractivity contribution in [3.63, 3.8) is 0 Å². The molecule has 0 unspecified atom stereocenters. The fourth-order valence-electron chi connectivity index (χ4n) is 3.56. The van der Waals surface area contributed by atoms with Gasteiger partial charge < -0.3 is 20.0 Å². The van der Waals surface area contributed by atoms with Gasteiger partial charge in [0.05, 0.1) is 23.0 Å². The molecule has 1 fully saturated rings. The molecule has 1 saturated heterocycles. The van der Waals surface area contributed by atoms with E-state index in [1.807, 2.05) is 0 Å². The lowest BCUT2D eigenvalue weighted by atomic mass is 9.82. The normalized spacial score (nSPS) is 25.0. The van der Waals surface area contributed by atoms with E-state index in [2.05, 4.69) is 10.0 Å². The molecule has 29 heavy (non-hydrogen) atoms. The van der Waals surface area contributed by atoms with Crippen molar-refractivity contribution in [2.24, 2.45) is 11.8 Å². The first-order chi connectivity index (χ1) is 13.8. The Bertz CT molecular complexity index is 1070. The molecule has 2 aliphatic rings. The number of anilines is 2. The number of hydrogen-bond acceptors (Lipinski definition) is 6. The number of carbonyl (C=O) groups excluding carboxylic acids is 2. The van der Waals surface area contributed by atoms with Gasteiger partial charge in [-0.1, -0.05) is 30.4 Å². The molecule has 4 atom stereocenters. The molecular weight excluding hydrogens is 396 g/mol. The van der Waals surface area contributed by atoms with Gasteiger partial charge in [0.2, 0.25) is 5.91 Å². The highest BCUT2D eigenvalue weighted by molar-refractivity contribution is 7.92. The van der Waals surface area contributed by atoms with E-state index >= 15 is 0 Å². The third kappa shape index (κ3) is 3.74. The molecule has 2 heterocycles. The van der Waals surface area contributed by atoms with Crippen molar-refractivity contribution >= 4 is 33.3 Å². The molecule has 0 spiro atoms. The lowest BCUT2D eigenvalue weighted by Gasteiger charge is -2.25. The SMILES string of the molecule is O=C([O-])[C@@H]1[C@@H](C(=O)Nc2ccc(S(=O)(=O)Nc3ccccc3)cc2)[C@H]2C=C[C@@H]1O2. The fraction of sp³-hybridized carbons (Fsp3) is 0.200. The van der Waals surface area contributed by atoms with Gasteiger partial charge in [-0.05, 0) is 36.4 Å². The molecule has 4 rings (SSSR count). The maximum absolute atomic E-state index is 12.6. The summed E-state index contributed by atoms with van der Waals surface area (Å²) >= 11 is 0. The van der Waals surface area contributed by atoms with E-state index in [1.54, 1.807) is 42.5 Å². The number of benzene rings is 2. The second-order valence-electron chi connectivity index (χ2n) is 6.81. The third-order valence-corrected chi connectivity index (χ3v) is 6.33. The zero-order valence-electron chi connectivity index (χ0n) is 15.0. The quantitative estimate of drug-likeness (QED) is 0.673. The van der Waals surface area contributed by atoms with E-state index in [1.165, 1.54) is 24.3 Å². The summed E-state index contributed by atoms with van der Waals surface area (Å²) in [7, 11) is -3.78. The largest absolute Gasteiger partial charge is 0.550 e. The summed E-state index contributed by atoms with van der Waals surface area (Å²) in [5.41, 5.74) is 0.778. The summed E-state index contributed by atoms with van der Waals surface area (Å²) < 4.78 is 32.8. The van der Waals surface area contributed by atoms with Crippen molar-refractivity contribution in [2.75, 3.05) is 10.0 Å². The van der Waals surface area contributed by atoms with Gasteiger partial charge in [-0.25, -0.2) is 8.42 Å². The van der Waals surface area contributed by atoms with E-state index < -0.39 is 45.9 Å². The molecule has 9 heteroatoms. The Morgan fingerprint density at radius 3 is 2.10 bits per heavy atom. The topological polar surface area (TPSA) is 125 Å². The molecule has 2 bridgehead atoms. The van der Waals surface area contributed by atoms with Gasteiger partial charge in [0.25, 0.3) is 10.0 Å². The summed E-state index contributed by atoms with van der Waals surface area (Å²) in [5, 5.41) is 14.0. The monoisotopic (exact) mass is 413 g/mol. The zero-order chi connectivity index (χ0) is 20.6. The van der Waals surface area contributed by atoms with Crippen molar-refractivity contribution in [2.45, 2.75) is 17.1 Å². The van der Waals surface area contributed by atoms with Crippen molar-refractivity contribution in [3.05, 3.63) is 66.7 Å². The highest BCUT2D eigenvalue weighted by Gasteiger charge is 2.50. The number of carboxylic acids is 1. The van der Waals surface area contributed by atoms with Crippen LogP contribution in [0.4, 0.5) is 11.4 Å². The molecule has 0 saturated carbocycles. The lowest BCUT2D eigenvalue weighted by molar-refractivity contribution is -0.313. The molecule has 0 aromatic heterocycles. The zero-order valence-corrected chi connectivity index (χ0v) is 15.8.